The van der Waals surface area contributed by atoms with Crippen LogP contribution in [0.3, 0.4) is 0 Å². The normalized spacial score (nSPS) is 13.9. The molecule has 1 aromatic heterocycles. The molecule has 0 aliphatic heterocycles. The van der Waals surface area contributed by atoms with Crippen molar-refractivity contribution in [3.8, 4) is 5.75 Å². The summed E-state index contributed by atoms with van der Waals surface area (Å²) in [4.78, 5) is 2.37. The molecule has 0 saturated carbocycles. The maximum Gasteiger partial charge on any atom is 0.161 e. The maximum atomic E-state index is 5.82. The fourth-order valence-corrected chi connectivity index (χ4v) is 2.75. The van der Waals surface area contributed by atoms with Crippen molar-refractivity contribution >= 4 is 0 Å². The SMILES string of the molecule is CCN(CC)C(C)(C)C(NN)c1c(OC)cnn1C. The van der Waals surface area contributed by atoms with Crippen molar-refractivity contribution in [2.75, 3.05) is 20.2 Å². The van der Waals surface area contributed by atoms with Crippen molar-refractivity contribution in [3.05, 3.63) is 11.9 Å². The van der Waals surface area contributed by atoms with Gasteiger partial charge in [-0.05, 0) is 26.9 Å². The lowest BCUT2D eigenvalue weighted by Crippen LogP contribution is -2.54. The Morgan fingerprint density at radius 2 is 2.05 bits per heavy atom. The minimum absolute atomic E-state index is 0.0742. The highest BCUT2D eigenvalue weighted by atomic mass is 16.5. The molecule has 1 atom stereocenters. The van der Waals surface area contributed by atoms with Crippen LogP contribution in [0.2, 0.25) is 0 Å². The Kier molecular flexibility index (Phi) is 5.34. The van der Waals surface area contributed by atoms with Gasteiger partial charge in [0.1, 0.15) is 5.69 Å². The first kappa shape index (κ1) is 15.9. The summed E-state index contributed by atoms with van der Waals surface area (Å²) >= 11 is 0. The van der Waals surface area contributed by atoms with Crippen LogP contribution in [-0.2, 0) is 7.05 Å². The molecule has 0 aliphatic rings. The van der Waals surface area contributed by atoms with Gasteiger partial charge in [0.25, 0.3) is 0 Å². The van der Waals surface area contributed by atoms with Crippen LogP contribution in [0.15, 0.2) is 6.20 Å². The molecular formula is C13H27N5O. The largest absolute Gasteiger partial charge is 0.493 e. The van der Waals surface area contributed by atoms with Crippen LogP contribution in [0.5, 0.6) is 5.75 Å². The van der Waals surface area contributed by atoms with Crippen molar-refractivity contribution < 1.29 is 4.74 Å². The predicted octanol–water partition coefficient (Wildman–Crippen LogP) is 1.05. The van der Waals surface area contributed by atoms with Crippen LogP contribution in [0.4, 0.5) is 0 Å². The van der Waals surface area contributed by atoms with Gasteiger partial charge in [-0.2, -0.15) is 5.10 Å². The van der Waals surface area contributed by atoms with Crippen molar-refractivity contribution in [1.82, 2.24) is 20.1 Å². The molecule has 1 aromatic rings. The summed E-state index contributed by atoms with van der Waals surface area (Å²) in [6.45, 7) is 10.6. The average molecular weight is 269 g/mol. The van der Waals surface area contributed by atoms with Crippen LogP contribution < -0.4 is 16.0 Å². The number of nitrogens with two attached hydrogens (primary N) is 1. The highest BCUT2D eigenvalue weighted by Crippen LogP contribution is 2.34. The molecular weight excluding hydrogens is 242 g/mol. The molecule has 3 N–H and O–H groups in total. The number of methoxy groups -OCH3 is 1. The standard InChI is InChI=1S/C13H27N5O/c1-7-18(8-2)13(3,4)12(16-14)11-10(19-6)9-15-17(11)5/h9,12,16H,7-8,14H2,1-6H3. The molecule has 0 spiro atoms. The second kappa shape index (κ2) is 6.36. The number of nitrogens with one attached hydrogen (secondary N) is 1. The molecule has 0 amide bonds. The molecule has 0 saturated heterocycles. The summed E-state index contributed by atoms with van der Waals surface area (Å²) in [7, 11) is 3.55. The Hall–Kier alpha value is -1.11. The fourth-order valence-electron chi connectivity index (χ4n) is 2.75. The molecule has 0 radical (unpaired) electrons. The lowest BCUT2D eigenvalue weighted by atomic mass is 9.89. The second-order valence-electron chi connectivity index (χ2n) is 5.15. The smallest absolute Gasteiger partial charge is 0.161 e. The zero-order valence-electron chi connectivity index (χ0n) is 12.9. The number of aromatic nitrogens is 2. The van der Waals surface area contributed by atoms with Gasteiger partial charge in [0, 0.05) is 12.6 Å². The van der Waals surface area contributed by atoms with Crippen LogP contribution in [0, 0.1) is 0 Å². The lowest BCUT2D eigenvalue weighted by molar-refractivity contribution is 0.0867. The van der Waals surface area contributed by atoms with E-state index in [1.807, 2.05) is 11.7 Å². The minimum Gasteiger partial charge on any atom is -0.493 e. The van der Waals surface area contributed by atoms with Gasteiger partial charge in [-0.3, -0.25) is 15.4 Å². The third-order valence-electron chi connectivity index (χ3n) is 3.89. The Morgan fingerprint density at radius 1 is 1.47 bits per heavy atom. The van der Waals surface area contributed by atoms with E-state index in [1.165, 1.54) is 0 Å². The lowest BCUT2D eigenvalue weighted by Gasteiger charge is -2.43. The predicted molar refractivity (Wildman–Crippen MR) is 76.8 cm³/mol. The van der Waals surface area contributed by atoms with Crippen LogP contribution in [0.25, 0.3) is 0 Å². The Balaban J connectivity index is 3.22. The molecule has 110 valence electrons. The van der Waals surface area contributed by atoms with E-state index >= 15 is 0 Å². The highest BCUT2D eigenvalue weighted by Gasteiger charge is 2.38. The molecule has 0 bridgehead atoms. The molecule has 0 fully saturated rings. The summed E-state index contributed by atoms with van der Waals surface area (Å²) in [5.41, 5.74) is 3.73. The molecule has 6 nitrogen and oxygen atoms in total. The number of hydrazine groups is 1. The van der Waals surface area contributed by atoms with Crippen LogP contribution >= 0.6 is 0 Å². The van der Waals surface area contributed by atoms with Gasteiger partial charge in [0.05, 0.1) is 19.3 Å². The van der Waals surface area contributed by atoms with Crippen molar-refractivity contribution in [2.24, 2.45) is 12.9 Å². The first-order valence-corrected chi connectivity index (χ1v) is 6.71. The summed E-state index contributed by atoms with van der Waals surface area (Å²) < 4.78 is 7.21. The quantitative estimate of drug-likeness (QED) is 0.572. The van der Waals surface area contributed by atoms with E-state index in [4.69, 9.17) is 10.6 Å². The van der Waals surface area contributed by atoms with E-state index in [-0.39, 0.29) is 11.6 Å². The molecule has 19 heavy (non-hydrogen) atoms. The molecule has 1 unspecified atom stereocenters. The number of likely N-dealkylation sites (N-methyl/N-ethyl adjacent to an activating group) is 1. The minimum atomic E-state index is -0.153. The van der Waals surface area contributed by atoms with Crippen molar-refractivity contribution in [3.63, 3.8) is 0 Å². The van der Waals surface area contributed by atoms with Crippen molar-refractivity contribution in [1.29, 1.82) is 0 Å². The van der Waals surface area contributed by atoms with Gasteiger partial charge in [-0.15, -0.1) is 0 Å². The van der Waals surface area contributed by atoms with Gasteiger partial charge in [0.2, 0.25) is 0 Å². The van der Waals surface area contributed by atoms with E-state index in [2.05, 4.69) is 43.1 Å². The first-order valence-electron chi connectivity index (χ1n) is 6.71. The number of aryl methyl sites for hydroxylation is 1. The monoisotopic (exact) mass is 269 g/mol. The van der Waals surface area contributed by atoms with Gasteiger partial charge in [0.15, 0.2) is 5.75 Å². The van der Waals surface area contributed by atoms with E-state index in [1.54, 1.807) is 13.3 Å². The molecule has 6 heteroatoms. The third kappa shape index (κ3) is 2.91. The maximum absolute atomic E-state index is 5.82. The van der Waals surface area contributed by atoms with E-state index in [0.29, 0.717) is 0 Å². The molecule has 0 aliphatic carbocycles. The fraction of sp³-hybridized carbons (Fsp3) is 0.769. The van der Waals surface area contributed by atoms with E-state index < -0.39 is 0 Å². The topological polar surface area (TPSA) is 68.3 Å². The van der Waals surface area contributed by atoms with E-state index in [0.717, 1.165) is 24.5 Å². The third-order valence-corrected chi connectivity index (χ3v) is 3.89. The summed E-state index contributed by atoms with van der Waals surface area (Å²) in [6.07, 6.45) is 1.72. The summed E-state index contributed by atoms with van der Waals surface area (Å²) in [5, 5.41) is 4.26. The van der Waals surface area contributed by atoms with Gasteiger partial charge >= 0.3 is 0 Å². The number of nitrogens with zero attached hydrogens (tertiary/aromatic N) is 3. The highest BCUT2D eigenvalue weighted by molar-refractivity contribution is 5.30. The zero-order valence-corrected chi connectivity index (χ0v) is 12.9. The Labute approximate surface area is 115 Å². The Bertz CT molecular complexity index is 398. The van der Waals surface area contributed by atoms with Gasteiger partial charge < -0.3 is 4.74 Å². The number of hydrogen-bond donors (Lipinski definition) is 2. The second-order valence-corrected chi connectivity index (χ2v) is 5.15. The van der Waals surface area contributed by atoms with Crippen LogP contribution in [0.1, 0.15) is 39.4 Å². The first-order chi connectivity index (χ1) is 8.93. The van der Waals surface area contributed by atoms with Crippen molar-refractivity contribution in [2.45, 2.75) is 39.3 Å². The number of ether oxygens (including phenoxy) is 1. The summed E-state index contributed by atoms with van der Waals surface area (Å²) in [6, 6.07) is -0.0742. The molecule has 0 aromatic carbocycles. The zero-order chi connectivity index (χ0) is 14.6. The average Bonchev–Trinajstić information content (AvgIpc) is 2.73. The Morgan fingerprint density at radius 3 is 2.47 bits per heavy atom. The van der Waals surface area contributed by atoms with Gasteiger partial charge in [-0.25, -0.2) is 5.43 Å². The molecule has 1 rings (SSSR count). The van der Waals surface area contributed by atoms with Gasteiger partial charge in [-0.1, -0.05) is 13.8 Å². The summed E-state index contributed by atoms with van der Waals surface area (Å²) in [5.74, 6) is 6.57. The van der Waals surface area contributed by atoms with E-state index in [9.17, 15) is 0 Å². The molecule has 1 heterocycles. The van der Waals surface area contributed by atoms with Crippen LogP contribution in [-0.4, -0.2) is 40.4 Å². The number of rotatable bonds is 7. The number of hydrogen-bond acceptors (Lipinski definition) is 5.